The van der Waals surface area contributed by atoms with E-state index in [1.807, 2.05) is 0 Å². The fraction of sp³-hybridized carbons (Fsp3) is 0.385. The topological polar surface area (TPSA) is 94.5 Å². The molecule has 106 valence electrons. The van der Waals surface area contributed by atoms with Gasteiger partial charge in [0.25, 0.3) is 5.56 Å². The Morgan fingerprint density at radius 1 is 1.35 bits per heavy atom. The fourth-order valence-electron chi connectivity index (χ4n) is 2.12. The van der Waals surface area contributed by atoms with Crippen molar-refractivity contribution in [3.8, 4) is 0 Å². The van der Waals surface area contributed by atoms with Crippen LogP contribution in [0.2, 0.25) is 0 Å². The minimum absolute atomic E-state index is 0.176. The number of imide groups is 1. The summed E-state index contributed by atoms with van der Waals surface area (Å²) in [6.07, 6.45) is 2.39. The number of amides is 2. The van der Waals surface area contributed by atoms with Crippen molar-refractivity contribution in [2.24, 2.45) is 0 Å². The quantitative estimate of drug-likeness (QED) is 0.607. The average molecular weight is 278 g/mol. The van der Waals surface area contributed by atoms with E-state index in [2.05, 4.69) is 10.1 Å². The van der Waals surface area contributed by atoms with Crippen molar-refractivity contribution in [1.29, 1.82) is 0 Å². The number of hydrogen-bond acceptors (Lipinski definition) is 5. The Balaban J connectivity index is 2.40. The van der Waals surface area contributed by atoms with Crippen molar-refractivity contribution in [3.63, 3.8) is 0 Å². The van der Waals surface area contributed by atoms with Crippen LogP contribution < -0.4 is 10.9 Å². The highest BCUT2D eigenvalue weighted by atomic mass is 16.5. The van der Waals surface area contributed by atoms with Crippen molar-refractivity contribution in [3.05, 3.63) is 34.2 Å². The first kappa shape index (κ1) is 14.0. The molecule has 1 aliphatic rings. The molecule has 0 aliphatic carbocycles. The van der Waals surface area contributed by atoms with Gasteiger partial charge in [-0.2, -0.15) is 0 Å². The summed E-state index contributed by atoms with van der Waals surface area (Å²) in [7, 11) is 1.23. The molecule has 1 aromatic heterocycles. The maximum Gasteiger partial charge on any atom is 0.339 e. The molecule has 20 heavy (non-hydrogen) atoms. The second-order valence-corrected chi connectivity index (χ2v) is 4.48. The smallest absolute Gasteiger partial charge is 0.339 e. The zero-order valence-corrected chi connectivity index (χ0v) is 10.9. The van der Waals surface area contributed by atoms with Crippen LogP contribution in [0, 0.1) is 0 Å². The standard InChI is InChI=1S/C13H14N2O5/c1-20-13(19)8-5-6-11(17)15(7-8)9-3-2-4-10(16)14-12(9)18/h5-7,9H,2-4H2,1H3,(H,14,16,18). The van der Waals surface area contributed by atoms with Gasteiger partial charge in [-0.25, -0.2) is 4.79 Å². The van der Waals surface area contributed by atoms with Gasteiger partial charge < -0.3 is 9.30 Å². The zero-order valence-electron chi connectivity index (χ0n) is 10.9. The van der Waals surface area contributed by atoms with Crippen LogP contribution >= 0.6 is 0 Å². The first-order valence-corrected chi connectivity index (χ1v) is 6.17. The van der Waals surface area contributed by atoms with E-state index in [1.165, 1.54) is 30.0 Å². The number of nitrogens with zero attached hydrogens (tertiary/aromatic N) is 1. The lowest BCUT2D eigenvalue weighted by molar-refractivity contribution is -0.131. The van der Waals surface area contributed by atoms with Gasteiger partial charge in [-0.3, -0.25) is 19.7 Å². The summed E-state index contributed by atoms with van der Waals surface area (Å²) in [6.45, 7) is 0. The molecule has 1 aromatic rings. The third-order valence-electron chi connectivity index (χ3n) is 3.14. The number of ether oxygens (including phenoxy) is 1. The molecule has 0 saturated carbocycles. The van der Waals surface area contributed by atoms with Gasteiger partial charge in [0.15, 0.2) is 0 Å². The van der Waals surface area contributed by atoms with Gasteiger partial charge in [0.2, 0.25) is 11.8 Å². The molecule has 1 fully saturated rings. The molecule has 1 saturated heterocycles. The second-order valence-electron chi connectivity index (χ2n) is 4.48. The number of carbonyl (C=O) groups excluding carboxylic acids is 3. The second kappa shape index (κ2) is 5.68. The molecule has 1 N–H and O–H groups in total. The summed E-state index contributed by atoms with van der Waals surface area (Å²) in [6, 6.07) is 1.75. The number of nitrogens with one attached hydrogen (secondary N) is 1. The number of rotatable bonds is 2. The average Bonchev–Trinajstić information content (AvgIpc) is 2.59. The first-order valence-electron chi connectivity index (χ1n) is 6.17. The highest BCUT2D eigenvalue weighted by Crippen LogP contribution is 2.17. The van der Waals surface area contributed by atoms with Crippen LogP contribution in [0.25, 0.3) is 0 Å². The third-order valence-corrected chi connectivity index (χ3v) is 3.14. The van der Waals surface area contributed by atoms with E-state index in [0.717, 1.165) is 0 Å². The van der Waals surface area contributed by atoms with Crippen LogP contribution in [0.1, 0.15) is 35.7 Å². The predicted molar refractivity (Wildman–Crippen MR) is 68.1 cm³/mol. The summed E-state index contributed by atoms with van der Waals surface area (Å²) in [5, 5.41) is 2.23. The zero-order chi connectivity index (χ0) is 14.7. The number of hydrogen-bond donors (Lipinski definition) is 1. The van der Waals surface area contributed by atoms with Crippen molar-refractivity contribution in [1.82, 2.24) is 9.88 Å². The largest absolute Gasteiger partial charge is 0.465 e. The molecule has 0 radical (unpaired) electrons. The molecule has 1 unspecified atom stereocenters. The molecule has 7 nitrogen and oxygen atoms in total. The molecule has 0 bridgehead atoms. The third kappa shape index (κ3) is 2.76. The van der Waals surface area contributed by atoms with Crippen molar-refractivity contribution in [2.45, 2.75) is 25.3 Å². The van der Waals surface area contributed by atoms with E-state index in [1.54, 1.807) is 0 Å². The van der Waals surface area contributed by atoms with Gasteiger partial charge >= 0.3 is 5.97 Å². The van der Waals surface area contributed by atoms with Crippen LogP contribution in [0.4, 0.5) is 0 Å². The van der Waals surface area contributed by atoms with Crippen molar-refractivity contribution >= 4 is 17.8 Å². The maximum absolute atomic E-state index is 11.9. The van der Waals surface area contributed by atoms with Gasteiger partial charge in [-0.05, 0) is 18.9 Å². The van der Waals surface area contributed by atoms with Gasteiger partial charge in [-0.15, -0.1) is 0 Å². The normalized spacial score (nSPS) is 19.1. The summed E-state index contributed by atoms with van der Waals surface area (Å²) in [5.74, 6) is -1.48. The summed E-state index contributed by atoms with van der Waals surface area (Å²) < 4.78 is 5.74. The van der Waals surface area contributed by atoms with E-state index in [9.17, 15) is 19.2 Å². The lowest BCUT2D eigenvalue weighted by Gasteiger charge is -2.16. The monoisotopic (exact) mass is 278 g/mol. The van der Waals surface area contributed by atoms with Gasteiger partial charge in [0.1, 0.15) is 6.04 Å². The Bertz CT molecular complexity index is 619. The van der Waals surface area contributed by atoms with Crippen molar-refractivity contribution < 1.29 is 19.1 Å². The minimum Gasteiger partial charge on any atom is -0.465 e. The van der Waals surface area contributed by atoms with E-state index < -0.39 is 23.5 Å². The Morgan fingerprint density at radius 2 is 2.10 bits per heavy atom. The molecule has 1 aliphatic heterocycles. The number of esters is 1. The van der Waals surface area contributed by atoms with Gasteiger partial charge in [0, 0.05) is 18.7 Å². The lowest BCUT2D eigenvalue weighted by atomic mass is 10.1. The highest BCUT2D eigenvalue weighted by molar-refractivity contribution is 5.97. The summed E-state index contributed by atoms with van der Waals surface area (Å²) in [5.41, 5.74) is -0.234. The first-order chi connectivity index (χ1) is 9.52. The number of methoxy groups -OCH3 is 1. The van der Waals surface area contributed by atoms with Crippen LogP contribution in [-0.2, 0) is 14.3 Å². The van der Waals surface area contributed by atoms with E-state index >= 15 is 0 Å². The number of pyridine rings is 1. The van der Waals surface area contributed by atoms with Crippen LogP contribution in [0.3, 0.4) is 0 Å². The summed E-state index contributed by atoms with van der Waals surface area (Å²) >= 11 is 0. The van der Waals surface area contributed by atoms with Crippen LogP contribution in [0.5, 0.6) is 0 Å². The SMILES string of the molecule is COC(=O)c1ccc(=O)n(C2CCCC(=O)NC2=O)c1. The number of carbonyl (C=O) groups is 3. The molecule has 2 amide bonds. The molecule has 1 atom stereocenters. The van der Waals surface area contributed by atoms with Gasteiger partial charge in [-0.1, -0.05) is 0 Å². The highest BCUT2D eigenvalue weighted by Gasteiger charge is 2.26. The van der Waals surface area contributed by atoms with Gasteiger partial charge in [0.05, 0.1) is 12.7 Å². The minimum atomic E-state index is -0.793. The van der Waals surface area contributed by atoms with E-state index in [-0.39, 0.29) is 17.9 Å². The molecule has 0 aromatic carbocycles. The van der Waals surface area contributed by atoms with Crippen LogP contribution in [-0.4, -0.2) is 29.5 Å². The van der Waals surface area contributed by atoms with Crippen LogP contribution in [0.15, 0.2) is 23.1 Å². The Labute approximate surface area is 114 Å². The maximum atomic E-state index is 11.9. The molecule has 2 rings (SSSR count). The molecular weight excluding hydrogens is 264 g/mol. The Morgan fingerprint density at radius 3 is 2.80 bits per heavy atom. The Hall–Kier alpha value is -2.44. The number of aromatic nitrogens is 1. The molecular formula is C13H14N2O5. The molecule has 7 heteroatoms. The lowest BCUT2D eigenvalue weighted by Crippen LogP contribution is -2.37. The molecule has 0 spiro atoms. The van der Waals surface area contributed by atoms with Crippen molar-refractivity contribution in [2.75, 3.05) is 7.11 Å². The summed E-state index contributed by atoms with van der Waals surface area (Å²) in [4.78, 5) is 46.5. The van der Waals surface area contributed by atoms with E-state index in [0.29, 0.717) is 12.8 Å². The Kier molecular flexibility index (Phi) is 3.97. The predicted octanol–water partition coefficient (Wildman–Crippen LogP) is 0.00270. The molecule has 2 heterocycles. The van der Waals surface area contributed by atoms with E-state index in [4.69, 9.17) is 0 Å². The fourth-order valence-corrected chi connectivity index (χ4v) is 2.12.